The van der Waals surface area contributed by atoms with E-state index in [0.717, 1.165) is 0 Å². The lowest BCUT2D eigenvalue weighted by Crippen LogP contribution is -2.00. The molecule has 0 aliphatic carbocycles. The molecule has 0 aliphatic rings. The molecule has 4 nitrogen and oxygen atoms in total. The Morgan fingerprint density at radius 2 is 1.93 bits per heavy atom. The minimum Gasteiger partial charge on any atom is -0.508 e. The maximum absolute atomic E-state index is 10.4. The molecule has 0 aliphatic heterocycles. The molecule has 0 saturated carbocycles. The Labute approximate surface area is 81.1 Å². The Morgan fingerprint density at radius 3 is 2.36 bits per heavy atom. The van der Waals surface area contributed by atoms with Gasteiger partial charge < -0.3 is 9.84 Å². The van der Waals surface area contributed by atoms with E-state index >= 15 is 0 Å². The Hall–Kier alpha value is -1.97. The summed E-state index contributed by atoms with van der Waals surface area (Å²) in [6, 6.07) is 6.04. The molecule has 0 aromatic heterocycles. The average molecular weight is 193 g/mol. The summed E-state index contributed by atoms with van der Waals surface area (Å²) in [5, 5.41) is 19.4. The highest BCUT2D eigenvalue weighted by molar-refractivity contribution is 5.89. The number of carbonyl (C=O) groups is 1. The van der Waals surface area contributed by atoms with Crippen molar-refractivity contribution in [3.05, 3.63) is 35.6 Å². The second-order valence-corrected chi connectivity index (χ2v) is 2.59. The first-order valence-corrected chi connectivity index (χ1v) is 3.89. The van der Waals surface area contributed by atoms with E-state index in [1.54, 1.807) is 12.1 Å². The first-order valence-electron chi connectivity index (χ1n) is 3.89. The normalized spacial score (nSPS) is 11.1. The fourth-order valence-corrected chi connectivity index (χ4v) is 0.923. The highest BCUT2D eigenvalue weighted by atomic mass is 16.5. The monoisotopic (exact) mass is 193 g/mol. The van der Waals surface area contributed by atoms with Crippen LogP contribution in [0.5, 0.6) is 5.75 Å². The number of aromatic hydroxyl groups is 1. The van der Waals surface area contributed by atoms with Crippen molar-refractivity contribution in [1.82, 2.24) is 0 Å². The number of hydrogen-bond acceptors (Lipinski definition) is 3. The molecule has 1 aromatic rings. The summed E-state index contributed by atoms with van der Waals surface area (Å²) >= 11 is 0. The van der Waals surface area contributed by atoms with Crippen LogP contribution in [0.1, 0.15) is 5.56 Å². The molecule has 1 N–H and O–H groups in total. The van der Waals surface area contributed by atoms with Gasteiger partial charge in [-0.2, -0.15) is 0 Å². The van der Waals surface area contributed by atoms with Crippen molar-refractivity contribution in [3.8, 4) is 5.75 Å². The van der Waals surface area contributed by atoms with Crippen LogP contribution in [-0.4, -0.2) is 18.2 Å². The molecular weight excluding hydrogens is 184 g/mol. The number of carbonyl (C=O) groups excluding carboxylic acids is 1. The largest absolute Gasteiger partial charge is 0.508 e. The molecule has 1 aromatic carbocycles. The fraction of sp³-hybridized carbons (Fsp3) is 0.100. The third kappa shape index (κ3) is 2.52. The van der Waals surface area contributed by atoms with Crippen LogP contribution in [-0.2, 0) is 14.6 Å². The molecule has 0 heterocycles. The maximum atomic E-state index is 10.4. The molecule has 0 atom stereocenters. The summed E-state index contributed by atoms with van der Waals surface area (Å²) in [5.74, 6) is -1.51. The summed E-state index contributed by atoms with van der Waals surface area (Å²) < 4.78 is 4.58. The van der Waals surface area contributed by atoms with Crippen molar-refractivity contribution in [2.24, 2.45) is 0 Å². The van der Waals surface area contributed by atoms with Gasteiger partial charge in [-0.3, -0.25) is 0 Å². The highest BCUT2D eigenvalue weighted by Gasteiger charge is 2.08. The van der Waals surface area contributed by atoms with Gasteiger partial charge >= 0.3 is 5.97 Å². The van der Waals surface area contributed by atoms with Crippen LogP contribution in [0.4, 0.5) is 0 Å². The van der Waals surface area contributed by atoms with Gasteiger partial charge in [-0.05, 0) is 23.8 Å². The lowest BCUT2D eigenvalue weighted by atomic mass is 10.2. The number of ether oxygens (including phenoxy) is 1. The highest BCUT2D eigenvalue weighted by Crippen LogP contribution is 2.13. The van der Waals surface area contributed by atoms with E-state index in [9.17, 15) is 9.90 Å². The zero-order valence-corrected chi connectivity index (χ0v) is 7.56. The van der Waals surface area contributed by atoms with E-state index in [-0.39, 0.29) is 11.5 Å². The van der Waals surface area contributed by atoms with E-state index in [1.807, 2.05) is 0 Å². The van der Waals surface area contributed by atoms with Gasteiger partial charge in [0.25, 0.3) is 0 Å². The molecule has 4 heteroatoms. The van der Waals surface area contributed by atoms with E-state index in [1.165, 1.54) is 25.3 Å². The number of phenols is 1. The van der Waals surface area contributed by atoms with Gasteiger partial charge in [0.05, 0.1) is 7.11 Å². The van der Waals surface area contributed by atoms with Crippen molar-refractivity contribution in [1.29, 1.82) is 0 Å². The maximum Gasteiger partial charge on any atom is 0.420 e. The van der Waals surface area contributed by atoms with Crippen molar-refractivity contribution >= 4 is 12.0 Å². The van der Waals surface area contributed by atoms with Gasteiger partial charge in [-0.25, -0.2) is 9.90 Å². The predicted octanol–water partition coefficient (Wildman–Crippen LogP) is 1.34. The molecule has 0 unspecified atom stereocenters. The van der Waals surface area contributed by atoms with E-state index < -0.39 is 5.97 Å². The van der Waals surface area contributed by atoms with Crippen LogP contribution in [0.25, 0.3) is 6.08 Å². The van der Waals surface area contributed by atoms with Crippen LogP contribution < -0.4 is 0 Å². The lowest BCUT2D eigenvalue weighted by molar-refractivity contribution is -0.141. The zero-order valence-electron chi connectivity index (χ0n) is 7.56. The SMILES string of the molecule is CO/C(=C\c1ccc(O)cc1)C([O])=O. The Kier molecular flexibility index (Phi) is 3.12. The van der Waals surface area contributed by atoms with Gasteiger partial charge in [0.2, 0.25) is 5.76 Å². The van der Waals surface area contributed by atoms with Crippen LogP contribution in [0.2, 0.25) is 0 Å². The second kappa shape index (κ2) is 4.32. The summed E-state index contributed by atoms with van der Waals surface area (Å²) in [6.07, 6.45) is 1.31. The van der Waals surface area contributed by atoms with Crippen molar-refractivity contribution in [2.75, 3.05) is 7.11 Å². The summed E-state index contributed by atoms with van der Waals surface area (Å²) in [4.78, 5) is 10.4. The van der Waals surface area contributed by atoms with Crippen molar-refractivity contribution < 1.29 is 19.7 Å². The van der Waals surface area contributed by atoms with E-state index in [0.29, 0.717) is 5.56 Å². The van der Waals surface area contributed by atoms with Crippen molar-refractivity contribution in [2.45, 2.75) is 0 Å². The molecule has 0 bridgehead atoms. The van der Waals surface area contributed by atoms with Crippen LogP contribution >= 0.6 is 0 Å². The van der Waals surface area contributed by atoms with Crippen LogP contribution in [0.15, 0.2) is 30.0 Å². The van der Waals surface area contributed by atoms with Gasteiger partial charge in [0.1, 0.15) is 5.75 Å². The standard InChI is InChI=1S/C10H9O4/c1-14-9(10(12)13)6-7-2-4-8(11)5-3-7/h2-6,11H,1H3/b9-6-. The first-order chi connectivity index (χ1) is 6.63. The van der Waals surface area contributed by atoms with Crippen molar-refractivity contribution in [3.63, 3.8) is 0 Å². The summed E-state index contributed by atoms with van der Waals surface area (Å²) in [5.41, 5.74) is 0.615. The van der Waals surface area contributed by atoms with Gasteiger partial charge in [0.15, 0.2) is 0 Å². The summed E-state index contributed by atoms with van der Waals surface area (Å²) in [6.45, 7) is 0. The number of benzene rings is 1. The minimum atomic E-state index is -1.37. The van der Waals surface area contributed by atoms with Gasteiger partial charge in [0, 0.05) is 0 Å². The Morgan fingerprint density at radius 1 is 1.36 bits per heavy atom. The molecule has 1 radical (unpaired) electrons. The molecule has 1 rings (SSSR count). The molecule has 0 saturated heterocycles. The smallest absolute Gasteiger partial charge is 0.420 e. The second-order valence-electron chi connectivity index (χ2n) is 2.59. The first kappa shape index (κ1) is 10.1. The van der Waals surface area contributed by atoms with Gasteiger partial charge in [-0.15, -0.1) is 0 Å². The molecular formula is C10H9O4. The number of rotatable bonds is 3. The predicted molar refractivity (Wildman–Crippen MR) is 48.8 cm³/mol. The molecule has 14 heavy (non-hydrogen) atoms. The molecule has 0 amide bonds. The number of hydrogen-bond donors (Lipinski definition) is 1. The zero-order chi connectivity index (χ0) is 10.6. The number of methoxy groups -OCH3 is 1. The topological polar surface area (TPSA) is 66.4 Å². The number of phenolic OH excluding ortho intramolecular Hbond substituents is 1. The van der Waals surface area contributed by atoms with Crippen LogP contribution in [0.3, 0.4) is 0 Å². The van der Waals surface area contributed by atoms with Gasteiger partial charge in [-0.1, -0.05) is 12.1 Å². The summed E-state index contributed by atoms with van der Waals surface area (Å²) in [7, 11) is 1.25. The van der Waals surface area contributed by atoms with E-state index in [4.69, 9.17) is 5.11 Å². The molecule has 0 spiro atoms. The quantitative estimate of drug-likeness (QED) is 0.581. The Bertz CT molecular complexity index is 351. The Balaban J connectivity index is 2.95. The molecule has 0 fully saturated rings. The van der Waals surface area contributed by atoms with E-state index in [2.05, 4.69) is 4.74 Å². The fourth-order valence-electron chi connectivity index (χ4n) is 0.923. The molecule has 73 valence electrons. The van der Waals surface area contributed by atoms with Crippen LogP contribution in [0, 0.1) is 0 Å². The average Bonchev–Trinajstić information content (AvgIpc) is 2.16. The third-order valence-electron chi connectivity index (χ3n) is 1.61. The third-order valence-corrected chi connectivity index (χ3v) is 1.61. The minimum absolute atomic E-state index is 0.120. The lowest BCUT2D eigenvalue weighted by Gasteiger charge is -1.98.